The molecule has 1 saturated heterocycles. The molecule has 1 aromatic carbocycles. The van der Waals surface area contributed by atoms with Gasteiger partial charge in [0.25, 0.3) is 0 Å². The van der Waals surface area contributed by atoms with Crippen LogP contribution >= 0.6 is 0 Å². The maximum atomic E-state index is 8.77. The monoisotopic (exact) mass is 243 g/mol. The van der Waals surface area contributed by atoms with E-state index < -0.39 is 0 Å². The topological polar surface area (TPSA) is 47.8 Å². The van der Waals surface area contributed by atoms with Gasteiger partial charge in [-0.2, -0.15) is 5.26 Å². The van der Waals surface area contributed by atoms with Crippen LogP contribution in [0.2, 0.25) is 0 Å². The molecule has 3 nitrogen and oxygen atoms in total. The van der Waals surface area contributed by atoms with E-state index >= 15 is 0 Å². The van der Waals surface area contributed by atoms with Gasteiger partial charge in [-0.15, -0.1) is 0 Å². The van der Waals surface area contributed by atoms with Crippen molar-refractivity contribution >= 4 is 0 Å². The Morgan fingerprint density at radius 2 is 2.22 bits per heavy atom. The molecule has 0 aromatic heterocycles. The van der Waals surface area contributed by atoms with Gasteiger partial charge in [0, 0.05) is 6.04 Å². The van der Waals surface area contributed by atoms with Crippen LogP contribution in [0.15, 0.2) is 24.3 Å². The predicted octanol–water partition coefficient (Wildman–Crippen LogP) is 2.21. The molecule has 18 heavy (non-hydrogen) atoms. The fourth-order valence-electron chi connectivity index (χ4n) is 2.41. The summed E-state index contributed by atoms with van der Waals surface area (Å²) in [6.07, 6.45) is 2.61. The molecule has 2 rings (SSSR count). The molecule has 1 aliphatic heterocycles. The van der Waals surface area contributed by atoms with Crippen LogP contribution in [-0.4, -0.2) is 19.6 Å². The first-order chi connectivity index (χ1) is 8.79. The Balaban J connectivity index is 1.83. The van der Waals surface area contributed by atoms with Crippen molar-refractivity contribution in [3.63, 3.8) is 0 Å². The van der Waals surface area contributed by atoms with Crippen molar-refractivity contribution in [2.45, 2.75) is 25.8 Å². The van der Waals surface area contributed by atoms with Crippen molar-refractivity contribution in [1.29, 1.82) is 5.26 Å². The highest BCUT2D eigenvalue weighted by Crippen LogP contribution is 2.15. The third-order valence-electron chi connectivity index (χ3n) is 3.65. The van der Waals surface area contributed by atoms with Crippen molar-refractivity contribution in [2.24, 2.45) is 5.92 Å². The minimum atomic E-state index is 0.347. The molecule has 1 aromatic rings. The van der Waals surface area contributed by atoms with Crippen molar-refractivity contribution in [2.75, 3.05) is 19.6 Å². The first-order valence-corrected chi connectivity index (χ1v) is 6.74. The van der Waals surface area contributed by atoms with Crippen LogP contribution in [0.4, 0.5) is 0 Å². The highest BCUT2D eigenvalue weighted by molar-refractivity contribution is 5.32. The standard InChI is InChI=1S/C15H21N3/c1-12(15-6-4-13(9-16)5-7-15)18-11-14-3-2-8-17-10-14/h4-7,12,14,17-18H,2-3,8,10-11H2,1H3. The van der Waals surface area contributed by atoms with Gasteiger partial charge < -0.3 is 10.6 Å². The zero-order chi connectivity index (χ0) is 12.8. The Bertz CT molecular complexity index is 399. The minimum Gasteiger partial charge on any atom is -0.316 e. The van der Waals surface area contributed by atoms with Gasteiger partial charge in [-0.25, -0.2) is 0 Å². The quantitative estimate of drug-likeness (QED) is 0.852. The molecule has 96 valence electrons. The molecule has 0 radical (unpaired) electrons. The fourth-order valence-corrected chi connectivity index (χ4v) is 2.41. The zero-order valence-corrected chi connectivity index (χ0v) is 10.9. The molecule has 1 aliphatic rings. The summed E-state index contributed by atoms with van der Waals surface area (Å²) in [5, 5.41) is 15.8. The lowest BCUT2D eigenvalue weighted by Crippen LogP contribution is -2.36. The Morgan fingerprint density at radius 1 is 1.44 bits per heavy atom. The van der Waals surface area contributed by atoms with Gasteiger partial charge >= 0.3 is 0 Å². The fraction of sp³-hybridized carbons (Fsp3) is 0.533. The number of hydrogen-bond acceptors (Lipinski definition) is 3. The summed E-state index contributed by atoms with van der Waals surface area (Å²) in [4.78, 5) is 0. The lowest BCUT2D eigenvalue weighted by atomic mass is 9.98. The number of benzene rings is 1. The SMILES string of the molecule is CC(NCC1CCCNC1)c1ccc(C#N)cc1. The average Bonchev–Trinajstić information content (AvgIpc) is 2.46. The Kier molecular flexibility index (Phi) is 4.74. The molecule has 1 heterocycles. The van der Waals surface area contributed by atoms with Crippen LogP contribution < -0.4 is 10.6 Å². The lowest BCUT2D eigenvalue weighted by molar-refractivity contribution is 0.348. The normalized spacial score (nSPS) is 21.2. The van der Waals surface area contributed by atoms with Gasteiger partial charge in [0.1, 0.15) is 0 Å². The first-order valence-electron chi connectivity index (χ1n) is 6.74. The highest BCUT2D eigenvalue weighted by atomic mass is 14.9. The van der Waals surface area contributed by atoms with E-state index in [9.17, 15) is 0 Å². The van der Waals surface area contributed by atoms with Crippen LogP contribution in [0.5, 0.6) is 0 Å². The zero-order valence-electron chi connectivity index (χ0n) is 10.9. The van der Waals surface area contributed by atoms with Crippen LogP contribution in [-0.2, 0) is 0 Å². The molecule has 2 unspecified atom stereocenters. The number of hydrogen-bond donors (Lipinski definition) is 2. The average molecular weight is 243 g/mol. The molecular formula is C15H21N3. The second kappa shape index (κ2) is 6.53. The molecule has 0 amide bonds. The molecular weight excluding hydrogens is 222 g/mol. The molecule has 0 aliphatic carbocycles. The van der Waals surface area contributed by atoms with E-state index in [-0.39, 0.29) is 0 Å². The molecule has 3 heteroatoms. The third-order valence-corrected chi connectivity index (χ3v) is 3.65. The van der Waals surface area contributed by atoms with E-state index in [0.717, 1.165) is 24.6 Å². The Morgan fingerprint density at radius 3 is 2.83 bits per heavy atom. The van der Waals surface area contributed by atoms with Crippen LogP contribution in [0.3, 0.4) is 0 Å². The van der Waals surface area contributed by atoms with E-state index in [1.807, 2.05) is 24.3 Å². The maximum absolute atomic E-state index is 8.77. The van der Waals surface area contributed by atoms with Crippen LogP contribution in [0.25, 0.3) is 0 Å². The summed E-state index contributed by atoms with van der Waals surface area (Å²) < 4.78 is 0. The number of nitrogens with one attached hydrogen (secondary N) is 2. The summed E-state index contributed by atoms with van der Waals surface area (Å²) in [7, 11) is 0. The lowest BCUT2D eigenvalue weighted by Gasteiger charge is -2.25. The molecule has 0 saturated carbocycles. The van der Waals surface area contributed by atoms with Crippen LogP contribution in [0, 0.1) is 17.2 Å². The van der Waals surface area contributed by atoms with Gasteiger partial charge in [0.05, 0.1) is 11.6 Å². The van der Waals surface area contributed by atoms with E-state index in [1.165, 1.54) is 24.9 Å². The van der Waals surface area contributed by atoms with Gasteiger partial charge in [-0.3, -0.25) is 0 Å². The molecule has 2 N–H and O–H groups in total. The van der Waals surface area contributed by atoms with Crippen molar-refractivity contribution < 1.29 is 0 Å². The van der Waals surface area contributed by atoms with Crippen molar-refractivity contribution in [3.8, 4) is 6.07 Å². The summed E-state index contributed by atoms with van der Waals surface area (Å²) in [6.45, 7) is 5.54. The van der Waals surface area contributed by atoms with Crippen LogP contribution in [0.1, 0.15) is 36.9 Å². The van der Waals surface area contributed by atoms with Crippen molar-refractivity contribution in [1.82, 2.24) is 10.6 Å². The summed E-state index contributed by atoms with van der Waals surface area (Å²) >= 11 is 0. The second-order valence-corrected chi connectivity index (χ2v) is 5.08. The molecule has 1 fully saturated rings. The number of nitriles is 1. The van der Waals surface area contributed by atoms with Gasteiger partial charge in [-0.1, -0.05) is 12.1 Å². The molecule has 2 atom stereocenters. The third kappa shape index (κ3) is 3.56. The van der Waals surface area contributed by atoms with E-state index in [0.29, 0.717) is 6.04 Å². The summed E-state index contributed by atoms with van der Waals surface area (Å²) in [5.41, 5.74) is 1.97. The van der Waals surface area contributed by atoms with Gasteiger partial charge in [-0.05, 0) is 63.0 Å². The minimum absolute atomic E-state index is 0.347. The number of piperidine rings is 1. The smallest absolute Gasteiger partial charge is 0.0991 e. The van der Waals surface area contributed by atoms with Gasteiger partial charge in [0.2, 0.25) is 0 Å². The summed E-state index contributed by atoms with van der Waals surface area (Å²) in [6, 6.07) is 10.3. The highest BCUT2D eigenvalue weighted by Gasteiger charge is 2.14. The number of nitrogens with zero attached hydrogens (tertiary/aromatic N) is 1. The summed E-state index contributed by atoms with van der Waals surface area (Å²) in [5.74, 6) is 0.750. The predicted molar refractivity (Wildman–Crippen MR) is 73.2 cm³/mol. The van der Waals surface area contributed by atoms with Crippen molar-refractivity contribution in [3.05, 3.63) is 35.4 Å². The van der Waals surface area contributed by atoms with E-state index in [4.69, 9.17) is 5.26 Å². The molecule has 0 spiro atoms. The maximum Gasteiger partial charge on any atom is 0.0991 e. The first kappa shape index (κ1) is 13.1. The van der Waals surface area contributed by atoms with Gasteiger partial charge in [0.15, 0.2) is 0 Å². The van der Waals surface area contributed by atoms with E-state index in [1.54, 1.807) is 0 Å². The Hall–Kier alpha value is -1.37. The largest absolute Gasteiger partial charge is 0.316 e. The second-order valence-electron chi connectivity index (χ2n) is 5.08. The Labute approximate surface area is 109 Å². The number of rotatable bonds is 4. The van der Waals surface area contributed by atoms with E-state index in [2.05, 4.69) is 23.6 Å². The molecule has 0 bridgehead atoms.